The summed E-state index contributed by atoms with van der Waals surface area (Å²) in [7, 11) is 0. The van der Waals surface area contributed by atoms with Gasteiger partial charge in [-0.3, -0.25) is 19.2 Å². The van der Waals surface area contributed by atoms with Gasteiger partial charge in [-0.1, -0.05) is 36.4 Å². The summed E-state index contributed by atoms with van der Waals surface area (Å²) in [6.07, 6.45) is -1.15. The predicted octanol–water partition coefficient (Wildman–Crippen LogP) is 3.70. The number of amides is 2. The molecule has 0 radical (unpaired) electrons. The quantitative estimate of drug-likeness (QED) is 0.298. The van der Waals surface area contributed by atoms with Gasteiger partial charge >= 0.3 is 5.97 Å². The van der Waals surface area contributed by atoms with E-state index in [1.165, 1.54) is 60.7 Å². The summed E-state index contributed by atoms with van der Waals surface area (Å²) in [5, 5.41) is 0. The van der Waals surface area contributed by atoms with Gasteiger partial charge in [0.15, 0.2) is 0 Å². The number of hydrogen-bond donors (Lipinski definition) is 0. The zero-order valence-electron chi connectivity index (χ0n) is 20.1. The van der Waals surface area contributed by atoms with Gasteiger partial charge in [-0.25, -0.2) is 14.1 Å². The summed E-state index contributed by atoms with van der Waals surface area (Å²) >= 11 is 0. The third kappa shape index (κ3) is 3.15. The molecule has 8 nitrogen and oxygen atoms in total. The lowest BCUT2D eigenvalue weighted by Gasteiger charge is -2.27. The Morgan fingerprint density at radius 3 is 2.08 bits per heavy atom. The second-order valence-corrected chi connectivity index (χ2v) is 9.31. The monoisotopic (exact) mass is 513 g/mol. The van der Waals surface area contributed by atoms with E-state index in [2.05, 4.69) is 0 Å². The van der Waals surface area contributed by atoms with Crippen molar-refractivity contribution in [3.8, 4) is 0 Å². The topological polar surface area (TPSA) is 107 Å². The van der Waals surface area contributed by atoms with Gasteiger partial charge in [0.1, 0.15) is 5.82 Å². The molecule has 0 N–H and O–H groups in total. The zero-order chi connectivity index (χ0) is 26.8. The molecule has 3 aliphatic rings. The Labute approximate surface area is 216 Å². The van der Waals surface area contributed by atoms with Crippen LogP contribution in [-0.4, -0.2) is 41.6 Å². The molecule has 6 rings (SSSR count). The maximum atomic E-state index is 13.9. The standard InChI is InChI=1S/C29H20FNO7/c1-2-37-28(36)16-9-13-18(14-10-16)31-26(34)21-22(27(31)35)29(38-23(21)15-7-11-17(30)12-8-15)24(32)19-5-3-4-6-20(19)25(29)33/h3-14,21-23H,2H2,1H3/t21-,22-,23+/m0/s1. The van der Waals surface area contributed by atoms with Crippen LogP contribution in [0.3, 0.4) is 0 Å². The number of hydrogen-bond acceptors (Lipinski definition) is 7. The van der Waals surface area contributed by atoms with E-state index in [0.717, 1.165) is 4.90 Å². The summed E-state index contributed by atoms with van der Waals surface area (Å²) in [4.78, 5) is 68.2. The number of rotatable bonds is 4. The minimum atomic E-state index is -2.22. The highest BCUT2D eigenvalue weighted by Crippen LogP contribution is 2.57. The zero-order valence-corrected chi connectivity index (χ0v) is 20.1. The summed E-state index contributed by atoms with van der Waals surface area (Å²) in [6.45, 7) is 1.86. The van der Waals surface area contributed by atoms with E-state index in [0.29, 0.717) is 5.56 Å². The third-order valence-electron chi connectivity index (χ3n) is 7.35. The molecule has 3 atom stereocenters. The van der Waals surface area contributed by atoms with Crippen molar-refractivity contribution in [2.24, 2.45) is 11.8 Å². The molecule has 2 aliphatic heterocycles. The molecule has 3 aromatic rings. The molecule has 0 saturated carbocycles. The number of esters is 1. The highest BCUT2D eigenvalue weighted by Gasteiger charge is 2.74. The number of halogens is 1. The van der Waals surface area contributed by atoms with Crippen LogP contribution in [0.2, 0.25) is 0 Å². The molecule has 9 heteroatoms. The van der Waals surface area contributed by atoms with Gasteiger partial charge in [0.05, 0.1) is 35.8 Å². The van der Waals surface area contributed by atoms with Crippen LogP contribution in [0, 0.1) is 17.7 Å². The van der Waals surface area contributed by atoms with Gasteiger partial charge in [0.25, 0.3) is 0 Å². The molecule has 1 spiro atoms. The molecule has 3 aromatic carbocycles. The maximum Gasteiger partial charge on any atom is 0.338 e. The molecule has 0 bridgehead atoms. The summed E-state index contributed by atoms with van der Waals surface area (Å²) in [5.74, 6) is -6.50. The van der Waals surface area contributed by atoms with Crippen molar-refractivity contribution in [1.29, 1.82) is 0 Å². The molecule has 2 heterocycles. The van der Waals surface area contributed by atoms with Crippen LogP contribution in [-0.2, 0) is 19.1 Å². The smallest absolute Gasteiger partial charge is 0.338 e. The molecule has 38 heavy (non-hydrogen) atoms. The Hall–Kier alpha value is -4.50. The van der Waals surface area contributed by atoms with Gasteiger partial charge in [-0.05, 0) is 48.9 Å². The number of Topliss-reactive ketones (excluding diaryl/α,β-unsaturated/α-hetero) is 2. The number of ketones is 2. The number of carbonyl (C=O) groups excluding carboxylic acids is 5. The molecule has 0 aromatic heterocycles. The highest BCUT2D eigenvalue weighted by molar-refractivity contribution is 6.37. The van der Waals surface area contributed by atoms with Crippen molar-refractivity contribution >= 4 is 35.0 Å². The first-order valence-electron chi connectivity index (χ1n) is 12.1. The van der Waals surface area contributed by atoms with Crippen LogP contribution in [0.5, 0.6) is 0 Å². The molecular formula is C29H20FNO7. The van der Waals surface area contributed by atoms with E-state index >= 15 is 0 Å². The van der Waals surface area contributed by atoms with Gasteiger partial charge in [0, 0.05) is 11.1 Å². The fourth-order valence-electron chi connectivity index (χ4n) is 5.69. The first-order valence-corrected chi connectivity index (χ1v) is 12.1. The van der Waals surface area contributed by atoms with Gasteiger partial charge in [-0.2, -0.15) is 0 Å². The molecule has 2 amide bonds. The predicted molar refractivity (Wildman–Crippen MR) is 130 cm³/mol. The van der Waals surface area contributed by atoms with E-state index in [1.54, 1.807) is 19.1 Å². The van der Waals surface area contributed by atoms with E-state index in [1.807, 2.05) is 0 Å². The van der Waals surface area contributed by atoms with Crippen LogP contribution >= 0.6 is 0 Å². The first kappa shape index (κ1) is 23.9. The Morgan fingerprint density at radius 1 is 0.895 bits per heavy atom. The third-order valence-corrected chi connectivity index (χ3v) is 7.35. The van der Waals surface area contributed by atoms with Crippen molar-refractivity contribution in [2.75, 3.05) is 11.5 Å². The fraction of sp³-hybridized carbons (Fsp3) is 0.207. The number of imide groups is 1. The summed E-state index contributed by atoms with van der Waals surface area (Å²) < 4.78 is 24.8. The lowest BCUT2D eigenvalue weighted by atomic mass is 9.77. The van der Waals surface area contributed by atoms with Crippen LogP contribution < -0.4 is 4.90 Å². The largest absolute Gasteiger partial charge is 0.462 e. The van der Waals surface area contributed by atoms with Crippen LogP contribution in [0.4, 0.5) is 10.1 Å². The van der Waals surface area contributed by atoms with Crippen LogP contribution in [0.1, 0.15) is 49.7 Å². The van der Waals surface area contributed by atoms with Crippen LogP contribution in [0.25, 0.3) is 0 Å². The lowest BCUT2D eigenvalue weighted by molar-refractivity contribution is -0.127. The van der Waals surface area contributed by atoms with E-state index in [9.17, 15) is 28.4 Å². The second-order valence-electron chi connectivity index (χ2n) is 9.31. The second kappa shape index (κ2) is 8.53. The van der Waals surface area contributed by atoms with E-state index < -0.39 is 58.7 Å². The Bertz CT molecular complexity index is 1490. The van der Waals surface area contributed by atoms with Crippen LogP contribution in [0.15, 0.2) is 72.8 Å². The molecular weight excluding hydrogens is 493 g/mol. The Morgan fingerprint density at radius 2 is 1.50 bits per heavy atom. The number of anilines is 1. The maximum absolute atomic E-state index is 13.9. The number of nitrogens with zero attached hydrogens (tertiary/aromatic N) is 1. The van der Waals surface area contributed by atoms with Gasteiger partial charge in [0.2, 0.25) is 29.0 Å². The number of fused-ring (bicyclic) bond motifs is 3. The normalized spacial score (nSPS) is 23.2. The minimum Gasteiger partial charge on any atom is -0.462 e. The fourth-order valence-corrected chi connectivity index (χ4v) is 5.69. The van der Waals surface area contributed by atoms with Gasteiger partial charge in [-0.15, -0.1) is 0 Å². The summed E-state index contributed by atoms with van der Waals surface area (Å²) in [5.41, 5.74) is -1.22. The molecule has 2 fully saturated rings. The summed E-state index contributed by atoms with van der Waals surface area (Å²) in [6, 6.07) is 17.1. The molecule has 190 valence electrons. The first-order chi connectivity index (χ1) is 18.3. The molecule has 2 saturated heterocycles. The average Bonchev–Trinajstić information content (AvgIpc) is 3.49. The Balaban J connectivity index is 1.46. The number of carbonyl (C=O) groups is 5. The van der Waals surface area contributed by atoms with Gasteiger partial charge < -0.3 is 9.47 Å². The average molecular weight is 513 g/mol. The van der Waals surface area contributed by atoms with E-state index in [4.69, 9.17) is 9.47 Å². The number of benzene rings is 3. The number of ether oxygens (including phenoxy) is 2. The highest BCUT2D eigenvalue weighted by atomic mass is 19.1. The van der Waals surface area contributed by atoms with Crippen molar-refractivity contribution in [3.63, 3.8) is 0 Å². The minimum absolute atomic E-state index is 0.119. The molecule has 1 aliphatic carbocycles. The van der Waals surface area contributed by atoms with Crippen molar-refractivity contribution in [2.45, 2.75) is 18.6 Å². The Kier molecular flexibility index (Phi) is 5.36. The lowest BCUT2D eigenvalue weighted by Crippen LogP contribution is -2.51. The van der Waals surface area contributed by atoms with E-state index in [-0.39, 0.29) is 29.0 Å². The van der Waals surface area contributed by atoms with Crippen molar-refractivity contribution in [3.05, 3.63) is 101 Å². The van der Waals surface area contributed by atoms with Crippen molar-refractivity contribution < 1.29 is 37.8 Å². The SMILES string of the molecule is CCOC(=O)c1ccc(N2C(=O)[C@@H]3[C@@H](c4ccc(F)cc4)OC4(C(=O)c5ccccc5C4=O)[C@@H]3C2=O)cc1. The molecule has 0 unspecified atom stereocenters. The van der Waals surface area contributed by atoms with Crippen molar-refractivity contribution in [1.82, 2.24) is 0 Å².